The van der Waals surface area contributed by atoms with E-state index >= 15 is 0 Å². The van der Waals surface area contributed by atoms with E-state index in [0.717, 1.165) is 77.0 Å². The van der Waals surface area contributed by atoms with Gasteiger partial charge in [-0.1, -0.05) is 357 Å². The molecule has 0 spiro atoms. The first-order chi connectivity index (χ1) is 39.5. The van der Waals surface area contributed by atoms with Gasteiger partial charge in [-0.25, -0.2) is 0 Å². The topological polar surface area (TPSA) is 78.9 Å². The zero-order valence-electron chi connectivity index (χ0n) is 53.3. The lowest BCUT2D eigenvalue weighted by atomic mass is 10.0. The third-order valence-corrected chi connectivity index (χ3v) is 15.5. The van der Waals surface area contributed by atoms with E-state index in [4.69, 9.17) is 14.2 Å². The number of carbonyl (C=O) groups excluding carboxylic acids is 3. The van der Waals surface area contributed by atoms with Gasteiger partial charge in [0.1, 0.15) is 13.2 Å². The summed E-state index contributed by atoms with van der Waals surface area (Å²) in [6.45, 7) is 6.51. The Morgan fingerprint density at radius 1 is 0.263 bits per heavy atom. The molecular formula is C74H132O6. The minimum Gasteiger partial charge on any atom is -0.462 e. The molecule has 0 saturated heterocycles. The fourth-order valence-corrected chi connectivity index (χ4v) is 10.3. The number of rotatable bonds is 64. The Balaban J connectivity index is 4.17. The molecule has 0 aliphatic heterocycles. The number of hydrogen-bond acceptors (Lipinski definition) is 6. The van der Waals surface area contributed by atoms with Crippen LogP contribution in [0.3, 0.4) is 0 Å². The average molecular weight is 1120 g/mol. The summed E-state index contributed by atoms with van der Waals surface area (Å²) in [7, 11) is 0. The molecule has 0 aromatic heterocycles. The van der Waals surface area contributed by atoms with E-state index in [1.807, 2.05) is 6.08 Å². The molecule has 0 radical (unpaired) electrons. The lowest BCUT2D eigenvalue weighted by molar-refractivity contribution is -0.166. The lowest BCUT2D eigenvalue weighted by Crippen LogP contribution is -2.30. The van der Waals surface area contributed by atoms with E-state index in [2.05, 4.69) is 87.6 Å². The molecule has 0 rings (SSSR count). The Morgan fingerprint density at radius 2 is 0.487 bits per heavy atom. The monoisotopic (exact) mass is 1120 g/mol. The van der Waals surface area contributed by atoms with Crippen molar-refractivity contribution in [2.24, 2.45) is 0 Å². The highest BCUT2D eigenvalue weighted by Crippen LogP contribution is 2.18. The van der Waals surface area contributed by atoms with Crippen molar-refractivity contribution < 1.29 is 28.6 Å². The molecule has 0 amide bonds. The minimum atomic E-state index is -0.814. The highest BCUT2D eigenvalue weighted by molar-refractivity contribution is 5.71. The minimum absolute atomic E-state index is 0.101. The molecule has 0 N–H and O–H groups in total. The number of esters is 3. The normalized spacial score (nSPS) is 12.5. The van der Waals surface area contributed by atoms with Crippen LogP contribution in [0, 0.1) is 0 Å². The molecule has 0 saturated carbocycles. The van der Waals surface area contributed by atoms with Gasteiger partial charge >= 0.3 is 17.9 Å². The summed E-state index contributed by atoms with van der Waals surface area (Å²) in [6.07, 6.45) is 89.7. The van der Waals surface area contributed by atoms with Crippen LogP contribution < -0.4 is 0 Å². The van der Waals surface area contributed by atoms with Crippen molar-refractivity contribution in [3.8, 4) is 0 Å². The standard InChI is InChI=1S/C74H132O6/c1-4-7-10-13-16-19-22-24-26-28-30-31-32-33-34-35-36-37-38-39-40-41-42-44-45-47-49-52-55-58-61-64-67-73(76)79-70-71(69-78-72(75)66-63-60-57-54-51-21-18-15-12-9-6-3)80-74(77)68-65-62-59-56-53-50-48-46-43-29-27-25-23-20-17-14-11-8-5-2/h8,11,17,20,25,27,43,46,50,53,59,62,71H,4-7,9-10,12-16,18-19,21-24,26,28-42,44-45,47-49,51-52,54-58,60-61,63-70H2,1-3H3/b11-8-,20-17-,27-25-,46-43-,53-50-,62-59-. The second-order valence-corrected chi connectivity index (χ2v) is 23.4. The van der Waals surface area contributed by atoms with Crippen LogP contribution in [0.5, 0.6) is 0 Å². The van der Waals surface area contributed by atoms with Gasteiger partial charge in [0.2, 0.25) is 0 Å². The molecule has 1 atom stereocenters. The van der Waals surface area contributed by atoms with Crippen molar-refractivity contribution in [3.63, 3.8) is 0 Å². The molecular weight excluding hydrogens is 985 g/mol. The van der Waals surface area contributed by atoms with Crippen LogP contribution in [0.15, 0.2) is 72.9 Å². The van der Waals surface area contributed by atoms with Crippen molar-refractivity contribution in [2.75, 3.05) is 13.2 Å². The maximum atomic E-state index is 12.9. The van der Waals surface area contributed by atoms with Crippen molar-refractivity contribution >= 4 is 17.9 Å². The Labute approximate surface area is 497 Å². The van der Waals surface area contributed by atoms with Gasteiger partial charge in [-0.05, 0) is 57.8 Å². The van der Waals surface area contributed by atoms with E-state index in [0.29, 0.717) is 19.3 Å². The molecule has 0 bridgehead atoms. The highest BCUT2D eigenvalue weighted by atomic mass is 16.6. The first-order valence-electron chi connectivity index (χ1n) is 34.9. The third kappa shape index (κ3) is 65.7. The maximum absolute atomic E-state index is 12.9. The second-order valence-electron chi connectivity index (χ2n) is 23.4. The SMILES string of the molecule is CC/C=C\C/C=C\C/C=C\C/C=C\C/C=C\C/C=C\CCC(=O)OC(COC(=O)CCCCCCCCCCCCC)COC(=O)CCCCCCCCCCCCCCCCCCCCCCCCCCCCCCCCCC. The lowest BCUT2D eigenvalue weighted by Gasteiger charge is -2.18. The van der Waals surface area contributed by atoms with E-state index in [9.17, 15) is 14.4 Å². The van der Waals surface area contributed by atoms with Crippen LogP contribution >= 0.6 is 0 Å². The van der Waals surface area contributed by atoms with Gasteiger partial charge in [0.15, 0.2) is 6.10 Å². The highest BCUT2D eigenvalue weighted by Gasteiger charge is 2.19. The Morgan fingerprint density at radius 3 is 0.738 bits per heavy atom. The zero-order valence-corrected chi connectivity index (χ0v) is 53.3. The van der Waals surface area contributed by atoms with Crippen LogP contribution in [0.4, 0.5) is 0 Å². The fraction of sp³-hybridized carbons (Fsp3) is 0.797. The summed E-state index contributed by atoms with van der Waals surface area (Å²) in [6, 6.07) is 0. The van der Waals surface area contributed by atoms with Crippen molar-refractivity contribution in [1.29, 1.82) is 0 Å². The zero-order chi connectivity index (χ0) is 57.8. The molecule has 0 aromatic rings. The number of hydrogen-bond donors (Lipinski definition) is 0. The molecule has 0 heterocycles. The smallest absolute Gasteiger partial charge is 0.306 e. The first kappa shape index (κ1) is 76.9. The number of unbranched alkanes of at least 4 members (excludes halogenated alkanes) is 41. The summed E-state index contributed by atoms with van der Waals surface area (Å²) < 4.78 is 16.9. The van der Waals surface area contributed by atoms with Gasteiger partial charge in [0.05, 0.1) is 0 Å². The predicted molar refractivity (Wildman–Crippen MR) is 348 cm³/mol. The molecule has 6 nitrogen and oxygen atoms in total. The van der Waals surface area contributed by atoms with Gasteiger partial charge in [-0.3, -0.25) is 14.4 Å². The van der Waals surface area contributed by atoms with E-state index < -0.39 is 6.10 Å². The molecule has 0 aromatic carbocycles. The van der Waals surface area contributed by atoms with E-state index in [1.54, 1.807) is 0 Å². The summed E-state index contributed by atoms with van der Waals surface area (Å²) in [5.41, 5.74) is 0. The van der Waals surface area contributed by atoms with Crippen LogP contribution in [0.25, 0.3) is 0 Å². The quantitative estimate of drug-likeness (QED) is 0.0261. The molecule has 0 aliphatic carbocycles. The molecule has 464 valence electrons. The van der Waals surface area contributed by atoms with E-state index in [-0.39, 0.29) is 37.5 Å². The molecule has 1 unspecified atom stereocenters. The summed E-state index contributed by atoms with van der Waals surface area (Å²) >= 11 is 0. The molecule has 0 aliphatic rings. The van der Waals surface area contributed by atoms with Crippen molar-refractivity contribution in [3.05, 3.63) is 72.9 Å². The Bertz CT molecular complexity index is 1470. The Hall–Kier alpha value is -3.15. The van der Waals surface area contributed by atoms with Crippen LogP contribution in [0.1, 0.15) is 361 Å². The summed E-state index contributed by atoms with van der Waals surface area (Å²) in [4.78, 5) is 38.2. The average Bonchev–Trinajstić information content (AvgIpc) is 3.46. The van der Waals surface area contributed by atoms with E-state index in [1.165, 1.54) is 238 Å². The predicted octanol–water partition coefficient (Wildman–Crippen LogP) is 24.1. The number of ether oxygens (including phenoxy) is 3. The van der Waals surface area contributed by atoms with Crippen LogP contribution in [0.2, 0.25) is 0 Å². The molecule has 80 heavy (non-hydrogen) atoms. The van der Waals surface area contributed by atoms with Crippen LogP contribution in [-0.2, 0) is 28.6 Å². The third-order valence-electron chi connectivity index (χ3n) is 15.5. The second kappa shape index (κ2) is 68.3. The van der Waals surface area contributed by atoms with Gasteiger partial charge in [0, 0.05) is 19.3 Å². The van der Waals surface area contributed by atoms with Gasteiger partial charge < -0.3 is 14.2 Å². The van der Waals surface area contributed by atoms with Gasteiger partial charge in [-0.15, -0.1) is 0 Å². The van der Waals surface area contributed by atoms with Crippen LogP contribution in [-0.4, -0.2) is 37.2 Å². The summed E-state index contributed by atoms with van der Waals surface area (Å²) in [5.74, 6) is -0.970. The van der Waals surface area contributed by atoms with Crippen molar-refractivity contribution in [1.82, 2.24) is 0 Å². The van der Waals surface area contributed by atoms with Gasteiger partial charge in [0.25, 0.3) is 0 Å². The first-order valence-corrected chi connectivity index (χ1v) is 34.9. The molecule has 6 heteroatoms. The molecule has 0 fully saturated rings. The Kier molecular flexibility index (Phi) is 65.7. The largest absolute Gasteiger partial charge is 0.462 e. The number of carbonyl (C=O) groups is 3. The van der Waals surface area contributed by atoms with Gasteiger partial charge in [-0.2, -0.15) is 0 Å². The van der Waals surface area contributed by atoms with Crippen molar-refractivity contribution in [2.45, 2.75) is 367 Å². The maximum Gasteiger partial charge on any atom is 0.306 e. The summed E-state index contributed by atoms with van der Waals surface area (Å²) in [5, 5.41) is 0. The number of allylic oxidation sites excluding steroid dienone is 12. The fourth-order valence-electron chi connectivity index (χ4n) is 10.3.